The topological polar surface area (TPSA) is 39.2 Å². The molecule has 106 valence electrons. The Balaban J connectivity index is 2.16. The largest absolute Gasteiger partial charge is 0.452 e. The number of para-hydroxylation sites is 1. The van der Waals surface area contributed by atoms with Crippen LogP contribution in [0.1, 0.15) is 26.7 Å². The van der Waals surface area contributed by atoms with Crippen molar-refractivity contribution in [2.75, 3.05) is 0 Å². The molecule has 0 spiro atoms. The molecule has 0 unspecified atom stereocenters. The summed E-state index contributed by atoms with van der Waals surface area (Å²) in [5.74, 6) is 0.705. The molecular formula is C17H14ClNO2. The van der Waals surface area contributed by atoms with Crippen LogP contribution in [-0.2, 0) is 5.41 Å². The van der Waals surface area contributed by atoms with Gasteiger partial charge in [-0.05, 0) is 18.2 Å². The third-order valence-corrected chi connectivity index (χ3v) is 3.91. The van der Waals surface area contributed by atoms with Gasteiger partial charge in [-0.3, -0.25) is 0 Å². The summed E-state index contributed by atoms with van der Waals surface area (Å²) in [6, 6.07) is 9.69. The van der Waals surface area contributed by atoms with E-state index < -0.39 is 0 Å². The zero-order valence-electron chi connectivity index (χ0n) is 12.0. The van der Waals surface area contributed by atoms with E-state index in [1.807, 2.05) is 30.3 Å². The lowest BCUT2D eigenvalue weighted by Gasteiger charge is -2.11. The normalized spacial score (nSPS) is 12.8. The van der Waals surface area contributed by atoms with Crippen LogP contribution in [0.5, 0.6) is 0 Å². The highest BCUT2D eigenvalue weighted by Gasteiger charge is 2.23. The summed E-state index contributed by atoms with van der Waals surface area (Å²) < 4.78 is 11.8. The van der Waals surface area contributed by atoms with Gasteiger partial charge in [0.05, 0.1) is 5.02 Å². The maximum absolute atomic E-state index is 6.22. The Morgan fingerprint density at radius 2 is 1.71 bits per heavy atom. The summed E-state index contributed by atoms with van der Waals surface area (Å²) >= 11 is 6.22. The molecular weight excluding hydrogens is 286 g/mol. The number of oxazole rings is 1. The van der Waals surface area contributed by atoms with Crippen LogP contribution in [0.4, 0.5) is 0 Å². The van der Waals surface area contributed by atoms with Gasteiger partial charge < -0.3 is 8.83 Å². The van der Waals surface area contributed by atoms with Crippen molar-refractivity contribution in [1.82, 2.24) is 4.98 Å². The second-order valence-corrected chi connectivity index (χ2v) is 6.68. The molecule has 0 saturated heterocycles. The Hall–Kier alpha value is -2.00. The van der Waals surface area contributed by atoms with Gasteiger partial charge in [0.25, 0.3) is 0 Å². The molecule has 3 nitrogen and oxygen atoms in total. The van der Waals surface area contributed by atoms with Gasteiger partial charge in [-0.15, -0.1) is 0 Å². The van der Waals surface area contributed by atoms with E-state index >= 15 is 0 Å². The van der Waals surface area contributed by atoms with Crippen molar-refractivity contribution in [2.24, 2.45) is 0 Å². The predicted octanol–water partition coefficient (Wildman–Crippen LogP) is 5.68. The van der Waals surface area contributed by atoms with Gasteiger partial charge in [-0.25, -0.2) is 4.98 Å². The maximum atomic E-state index is 6.22. The second-order valence-electron chi connectivity index (χ2n) is 6.28. The minimum Gasteiger partial charge on any atom is -0.452 e. The molecule has 4 rings (SSSR count). The summed E-state index contributed by atoms with van der Waals surface area (Å²) in [4.78, 5) is 4.63. The van der Waals surface area contributed by atoms with E-state index in [4.69, 9.17) is 20.4 Å². The molecule has 0 atom stereocenters. The van der Waals surface area contributed by atoms with Gasteiger partial charge in [-0.1, -0.05) is 44.5 Å². The van der Waals surface area contributed by atoms with E-state index in [1.165, 1.54) is 0 Å². The van der Waals surface area contributed by atoms with Gasteiger partial charge in [0.1, 0.15) is 0 Å². The smallest absolute Gasteiger partial charge is 0.200 e. The molecule has 2 heterocycles. The van der Waals surface area contributed by atoms with Crippen molar-refractivity contribution in [3.8, 4) is 0 Å². The Bertz CT molecular complexity index is 989. The fourth-order valence-corrected chi connectivity index (χ4v) is 2.75. The van der Waals surface area contributed by atoms with Gasteiger partial charge in [0.2, 0.25) is 5.89 Å². The van der Waals surface area contributed by atoms with Crippen LogP contribution >= 0.6 is 11.6 Å². The molecule has 0 aliphatic carbocycles. The average molecular weight is 300 g/mol. The highest BCUT2D eigenvalue weighted by molar-refractivity contribution is 6.36. The molecule has 0 bridgehead atoms. The molecule has 2 aromatic carbocycles. The molecule has 0 amide bonds. The maximum Gasteiger partial charge on any atom is 0.200 e. The van der Waals surface area contributed by atoms with Crippen LogP contribution in [0.2, 0.25) is 5.02 Å². The third kappa shape index (κ3) is 1.77. The molecule has 4 aromatic rings. The number of rotatable bonds is 0. The van der Waals surface area contributed by atoms with Crippen molar-refractivity contribution >= 4 is 44.6 Å². The Morgan fingerprint density at radius 3 is 2.48 bits per heavy atom. The first kappa shape index (κ1) is 12.7. The predicted molar refractivity (Wildman–Crippen MR) is 85.0 cm³/mol. The van der Waals surface area contributed by atoms with Crippen LogP contribution in [0.25, 0.3) is 33.0 Å². The van der Waals surface area contributed by atoms with E-state index in [1.54, 1.807) is 0 Å². The van der Waals surface area contributed by atoms with Crippen molar-refractivity contribution < 1.29 is 8.83 Å². The quantitative estimate of drug-likeness (QED) is 0.419. The first-order valence-corrected chi connectivity index (χ1v) is 7.24. The third-order valence-electron chi connectivity index (χ3n) is 3.62. The van der Waals surface area contributed by atoms with Crippen molar-refractivity contribution in [1.29, 1.82) is 0 Å². The fourth-order valence-electron chi connectivity index (χ4n) is 2.53. The lowest BCUT2D eigenvalue weighted by Crippen LogP contribution is -2.10. The Morgan fingerprint density at radius 1 is 0.952 bits per heavy atom. The molecule has 0 N–H and O–H groups in total. The summed E-state index contributed by atoms with van der Waals surface area (Å²) in [6.45, 7) is 6.22. The number of hydrogen-bond donors (Lipinski definition) is 0. The molecule has 2 aromatic heterocycles. The van der Waals surface area contributed by atoms with Crippen molar-refractivity contribution in [3.63, 3.8) is 0 Å². The number of furan rings is 1. The number of benzene rings is 2. The standard InChI is InChI=1S/C17H14ClNO2/c1-17(2,3)16-19-13-12(20-16)8-7-10-9-5-4-6-11(18)14(9)21-15(10)13/h4-8H,1-3H3. The molecule has 0 aliphatic rings. The molecule has 0 radical (unpaired) electrons. The highest BCUT2D eigenvalue weighted by atomic mass is 35.5. The molecule has 0 aliphatic heterocycles. The van der Waals surface area contributed by atoms with E-state index in [0.717, 1.165) is 27.5 Å². The number of halogens is 1. The summed E-state index contributed by atoms with van der Waals surface area (Å²) in [6.07, 6.45) is 0. The van der Waals surface area contributed by atoms with Crippen LogP contribution in [0.3, 0.4) is 0 Å². The van der Waals surface area contributed by atoms with E-state index in [2.05, 4.69) is 25.8 Å². The van der Waals surface area contributed by atoms with Gasteiger partial charge in [0, 0.05) is 16.2 Å². The van der Waals surface area contributed by atoms with Crippen molar-refractivity contribution in [2.45, 2.75) is 26.2 Å². The number of fused-ring (bicyclic) bond motifs is 5. The van der Waals surface area contributed by atoms with Gasteiger partial charge in [0.15, 0.2) is 22.3 Å². The summed E-state index contributed by atoms with van der Waals surface area (Å²) in [5.41, 5.74) is 2.78. The van der Waals surface area contributed by atoms with E-state index in [0.29, 0.717) is 16.5 Å². The number of hydrogen-bond acceptors (Lipinski definition) is 3. The average Bonchev–Trinajstić information content (AvgIpc) is 2.98. The molecule has 0 fully saturated rings. The van der Waals surface area contributed by atoms with Crippen LogP contribution in [0, 0.1) is 0 Å². The second kappa shape index (κ2) is 4.01. The molecule has 21 heavy (non-hydrogen) atoms. The number of aromatic nitrogens is 1. The summed E-state index contributed by atoms with van der Waals surface area (Å²) in [7, 11) is 0. The van der Waals surface area contributed by atoms with Gasteiger partial charge >= 0.3 is 0 Å². The SMILES string of the molecule is CC(C)(C)c1nc2c(ccc3c4cccc(Cl)c4oc32)o1. The first-order valence-electron chi connectivity index (χ1n) is 6.86. The van der Waals surface area contributed by atoms with E-state index in [9.17, 15) is 0 Å². The highest BCUT2D eigenvalue weighted by Crippen LogP contribution is 2.37. The first-order chi connectivity index (χ1) is 9.95. The Kier molecular flexibility index (Phi) is 2.43. The van der Waals surface area contributed by atoms with Crippen LogP contribution < -0.4 is 0 Å². The van der Waals surface area contributed by atoms with Crippen LogP contribution in [0.15, 0.2) is 39.2 Å². The monoisotopic (exact) mass is 299 g/mol. The zero-order chi connectivity index (χ0) is 14.8. The minimum absolute atomic E-state index is 0.144. The number of nitrogens with zero attached hydrogens (tertiary/aromatic N) is 1. The summed E-state index contributed by atoms with van der Waals surface area (Å²) in [5, 5.41) is 2.62. The lowest BCUT2D eigenvalue weighted by atomic mass is 9.97. The lowest BCUT2D eigenvalue weighted by molar-refractivity contribution is 0.411. The van der Waals surface area contributed by atoms with Gasteiger partial charge in [-0.2, -0.15) is 0 Å². The Labute approximate surface area is 126 Å². The van der Waals surface area contributed by atoms with E-state index in [-0.39, 0.29) is 5.41 Å². The minimum atomic E-state index is -0.144. The molecule has 0 saturated carbocycles. The molecule has 4 heteroatoms. The fraction of sp³-hybridized carbons (Fsp3) is 0.235. The van der Waals surface area contributed by atoms with Crippen molar-refractivity contribution in [3.05, 3.63) is 41.2 Å². The van der Waals surface area contributed by atoms with Crippen LogP contribution in [-0.4, -0.2) is 4.98 Å². The zero-order valence-corrected chi connectivity index (χ0v) is 12.8.